The van der Waals surface area contributed by atoms with Crippen LogP contribution in [0.15, 0.2) is 72.5 Å². The molecule has 0 bridgehead atoms. The van der Waals surface area contributed by atoms with Gasteiger partial charge in [-0.2, -0.15) is 0 Å². The maximum atomic E-state index is 5.95. The lowest BCUT2D eigenvalue weighted by molar-refractivity contribution is 0.440. The molecule has 0 N–H and O–H groups in total. The van der Waals surface area contributed by atoms with Crippen molar-refractivity contribution in [1.29, 1.82) is 0 Å². The van der Waals surface area contributed by atoms with Gasteiger partial charge in [-0.05, 0) is 60.4 Å². The first-order valence-electron chi connectivity index (χ1n) is 7.64. The summed E-state index contributed by atoms with van der Waals surface area (Å²) in [6.07, 6.45) is 6.39. The molecule has 112 valence electrons. The number of hydrogen-bond acceptors (Lipinski definition) is 2. The molecule has 0 amide bonds. The van der Waals surface area contributed by atoms with E-state index in [1.807, 2.05) is 30.3 Å². The van der Waals surface area contributed by atoms with E-state index in [-0.39, 0.29) is 0 Å². The van der Waals surface area contributed by atoms with Crippen LogP contribution in [0.25, 0.3) is 5.57 Å². The topological polar surface area (TPSA) is 12.5 Å². The maximum absolute atomic E-state index is 5.95. The van der Waals surface area contributed by atoms with Gasteiger partial charge >= 0.3 is 0 Å². The summed E-state index contributed by atoms with van der Waals surface area (Å²) in [5.74, 6) is 1.82. The van der Waals surface area contributed by atoms with Crippen LogP contribution >= 0.6 is 0 Å². The highest BCUT2D eigenvalue weighted by atomic mass is 16.5. The molecule has 3 rings (SSSR count). The summed E-state index contributed by atoms with van der Waals surface area (Å²) in [4.78, 5) is 2.11. The number of allylic oxidation sites excluding steroid dienone is 3. The molecule has 1 aliphatic carbocycles. The molecular formula is C20H21NO. The zero-order valence-electron chi connectivity index (χ0n) is 13.1. The van der Waals surface area contributed by atoms with Crippen molar-refractivity contribution in [3.63, 3.8) is 0 Å². The molecule has 0 atom stereocenters. The van der Waals surface area contributed by atoms with Crippen molar-refractivity contribution < 1.29 is 4.74 Å². The van der Waals surface area contributed by atoms with Gasteiger partial charge in [0, 0.05) is 19.8 Å². The molecule has 2 nitrogen and oxygen atoms in total. The Morgan fingerprint density at radius 2 is 1.64 bits per heavy atom. The zero-order chi connectivity index (χ0) is 15.4. The van der Waals surface area contributed by atoms with Crippen LogP contribution in [0.1, 0.15) is 18.4 Å². The first kappa shape index (κ1) is 14.5. The normalized spacial score (nSPS) is 14.1. The molecule has 2 aromatic carbocycles. The third kappa shape index (κ3) is 3.40. The average Bonchev–Trinajstić information content (AvgIpc) is 2.56. The Kier molecular flexibility index (Phi) is 4.29. The Morgan fingerprint density at radius 1 is 0.909 bits per heavy atom. The van der Waals surface area contributed by atoms with Crippen LogP contribution in [0, 0.1) is 0 Å². The van der Waals surface area contributed by atoms with Gasteiger partial charge in [-0.25, -0.2) is 0 Å². The number of rotatable bonds is 4. The van der Waals surface area contributed by atoms with Gasteiger partial charge < -0.3 is 9.64 Å². The largest absolute Gasteiger partial charge is 0.458 e. The number of nitrogens with zero attached hydrogens (tertiary/aromatic N) is 1. The van der Waals surface area contributed by atoms with Crippen molar-refractivity contribution in [2.45, 2.75) is 12.8 Å². The van der Waals surface area contributed by atoms with E-state index in [1.165, 1.54) is 16.8 Å². The van der Waals surface area contributed by atoms with Crippen LogP contribution in [0.5, 0.6) is 5.75 Å². The molecule has 0 heterocycles. The quantitative estimate of drug-likeness (QED) is 0.795. The second kappa shape index (κ2) is 6.52. The van der Waals surface area contributed by atoms with E-state index in [0.717, 1.165) is 24.4 Å². The van der Waals surface area contributed by atoms with E-state index in [2.05, 4.69) is 55.4 Å². The molecular weight excluding hydrogens is 270 g/mol. The average molecular weight is 291 g/mol. The zero-order valence-corrected chi connectivity index (χ0v) is 13.1. The summed E-state index contributed by atoms with van der Waals surface area (Å²) in [5.41, 5.74) is 3.82. The van der Waals surface area contributed by atoms with E-state index in [0.29, 0.717) is 0 Å². The minimum atomic E-state index is 0.884. The highest BCUT2D eigenvalue weighted by molar-refractivity contribution is 5.70. The lowest BCUT2D eigenvalue weighted by Crippen LogP contribution is -2.08. The van der Waals surface area contributed by atoms with Gasteiger partial charge in [-0.15, -0.1) is 0 Å². The third-order valence-corrected chi connectivity index (χ3v) is 3.81. The van der Waals surface area contributed by atoms with Gasteiger partial charge in [0.2, 0.25) is 0 Å². The van der Waals surface area contributed by atoms with E-state index >= 15 is 0 Å². The van der Waals surface area contributed by atoms with Crippen molar-refractivity contribution in [2.75, 3.05) is 19.0 Å². The summed E-state index contributed by atoms with van der Waals surface area (Å²) in [7, 11) is 4.12. The highest BCUT2D eigenvalue weighted by Gasteiger charge is 2.09. The first-order chi connectivity index (χ1) is 10.7. The molecule has 0 unspecified atom stereocenters. The second-order valence-electron chi connectivity index (χ2n) is 5.67. The van der Waals surface area contributed by atoms with Crippen LogP contribution in [-0.2, 0) is 0 Å². The van der Waals surface area contributed by atoms with Crippen LogP contribution in [0.3, 0.4) is 0 Å². The monoisotopic (exact) mass is 291 g/mol. The van der Waals surface area contributed by atoms with Crippen LogP contribution in [0.2, 0.25) is 0 Å². The maximum Gasteiger partial charge on any atom is 0.127 e. The molecule has 0 saturated carbocycles. The summed E-state index contributed by atoms with van der Waals surface area (Å²) in [5, 5.41) is 0. The third-order valence-electron chi connectivity index (χ3n) is 3.81. The summed E-state index contributed by atoms with van der Waals surface area (Å²) in [6.45, 7) is 0. The fourth-order valence-corrected chi connectivity index (χ4v) is 2.57. The van der Waals surface area contributed by atoms with Gasteiger partial charge in [0.15, 0.2) is 0 Å². The molecule has 0 fully saturated rings. The minimum absolute atomic E-state index is 0.884. The molecule has 0 aliphatic heterocycles. The molecule has 22 heavy (non-hydrogen) atoms. The van der Waals surface area contributed by atoms with Crippen molar-refractivity contribution >= 4 is 11.3 Å². The fourth-order valence-electron chi connectivity index (χ4n) is 2.57. The lowest BCUT2D eigenvalue weighted by Gasteiger charge is -2.17. The van der Waals surface area contributed by atoms with Gasteiger partial charge in [0.1, 0.15) is 11.5 Å². The summed E-state index contributed by atoms with van der Waals surface area (Å²) >= 11 is 0. The molecule has 2 heteroatoms. The van der Waals surface area contributed by atoms with Crippen molar-refractivity contribution in [3.8, 4) is 5.75 Å². The number of para-hydroxylation sites is 1. The highest BCUT2D eigenvalue weighted by Crippen LogP contribution is 2.29. The number of hydrogen-bond donors (Lipinski definition) is 0. The molecule has 2 aromatic rings. The first-order valence-corrected chi connectivity index (χ1v) is 7.64. The van der Waals surface area contributed by atoms with Gasteiger partial charge in [0.05, 0.1) is 0 Å². The minimum Gasteiger partial charge on any atom is -0.458 e. The Balaban J connectivity index is 1.78. The number of ether oxygens (including phenoxy) is 1. The molecule has 0 radical (unpaired) electrons. The Hall–Kier alpha value is -2.48. The van der Waals surface area contributed by atoms with Crippen molar-refractivity contribution in [2.24, 2.45) is 0 Å². The van der Waals surface area contributed by atoms with Gasteiger partial charge in [0.25, 0.3) is 0 Å². The van der Waals surface area contributed by atoms with E-state index in [9.17, 15) is 0 Å². The molecule has 1 aliphatic rings. The molecule has 0 saturated heterocycles. The van der Waals surface area contributed by atoms with Crippen molar-refractivity contribution in [3.05, 3.63) is 78.1 Å². The summed E-state index contributed by atoms with van der Waals surface area (Å²) < 4.78 is 5.95. The predicted molar refractivity (Wildman–Crippen MR) is 93.1 cm³/mol. The van der Waals surface area contributed by atoms with Crippen LogP contribution in [0.4, 0.5) is 5.69 Å². The van der Waals surface area contributed by atoms with Crippen LogP contribution in [-0.4, -0.2) is 14.1 Å². The Labute approximate surface area is 132 Å². The second-order valence-corrected chi connectivity index (χ2v) is 5.67. The molecule has 0 spiro atoms. The Morgan fingerprint density at radius 3 is 2.32 bits per heavy atom. The van der Waals surface area contributed by atoms with Crippen LogP contribution < -0.4 is 9.64 Å². The van der Waals surface area contributed by atoms with Gasteiger partial charge in [-0.1, -0.05) is 30.3 Å². The van der Waals surface area contributed by atoms with E-state index in [1.54, 1.807) is 0 Å². The molecule has 0 aromatic heterocycles. The Bertz CT molecular complexity index is 681. The predicted octanol–water partition coefficient (Wildman–Crippen LogP) is 4.89. The summed E-state index contributed by atoms with van der Waals surface area (Å²) in [6, 6.07) is 18.6. The lowest BCUT2D eigenvalue weighted by atomic mass is 9.96. The van der Waals surface area contributed by atoms with Gasteiger partial charge in [-0.3, -0.25) is 0 Å². The smallest absolute Gasteiger partial charge is 0.127 e. The fraction of sp³-hybridized carbons (Fsp3) is 0.200. The standard InChI is InChI=1S/C20H21NO/c1-21(2)18-13-11-16(12-14-18)17-7-6-10-20(15-17)22-19-8-4-3-5-9-19/h3-5,8-15H,6-7H2,1-2H3. The van der Waals surface area contributed by atoms with E-state index < -0.39 is 0 Å². The number of anilines is 1. The van der Waals surface area contributed by atoms with Crippen molar-refractivity contribution in [1.82, 2.24) is 0 Å². The van der Waals surface area contributed by atoms with E-state index in [4.69, 9.17) is 4.74 Å². The SMILES string of the molecule is CN(C)c1ccc(C2=CC(Oc3ccccc3)=CCC2)cc1. The number of benzene rings is 2.